The molecule has 0 aromatic heterocycles. The van der Waals surface area contributed by atoms with Crippen LogP contribution >= 0.6 is 0 Å². The summed E-state index contributed by atoms with van der Waals surface area (Å²) in [5, 5.41) is 3.48. The lowest BCUT2D eigenvalue weighted by Crippen LogP contribution is -2.24. The van der Waals surface area contributed by atoms with Crippen LogP contribution in [0.1, 0.15) is 38.8 Å². The highest BCUT2D eigenvalue weighted by Gasteiger charge is 2.08. The highest BCUT2D eigenvalue weighted by molar-refractivity contribution is 5.19. The van der Waals surface area contributed by atoms with Gasteiger partial charge in [-0.25, -0.2) is 4.39 Å². The average molecular weight is 209 g/mol. The molecule has 1 aromatic carbocycles. The van der Waals surface area contributed by atoms with Crippen molar-refractivity contribution in [3.8, 4) is 0 Å². The van der Waals surface area contributed by atoms with Gasteiger partial charge in [0, 0.05) is 6.04 Å². The van der Waals surface area contributed by atoms with Gasteiger partial charge in [-0.3, -0.25) is 0 Å². The minimum absolute atomic E-state index is 0.169. The molecule has 0 bridgehead atoms. The second kappa shape index (κ2) is 5.86. The summed E-state index contributed by atoms with van der Waals surface area (Å²) in [4.78, 5) is 0. The van der Waals surface area contributed by atoms with Crippen LogP contribution in [0.2, 0.25) is 0 Å². The van der Waals surface area contributed by atoms with E-state index in [4.69, 9.17) is 0 Å². The Morgan fingerprint density at radius 1 is 1.20 bits per heavy atom. The topological polar surface area (TPSA) is 12.0 Å². The van der Waals surface area contributed by atoms with Crippen LogP contribution in [0.4, 0.5) is 4.39 Å². The number of rotatable bonds is 5. The Hall–Kier alpha value is -0.890. The predicted octanol–water partition coefficient (Wildman–Crippen LogP) is 3.52. The largest absolute Gasteiger partial charge is 0.310 e. The molecule has 0 fully saturated rings. The molecule has 0 saturated heterocycles. The molecule has 1 rings (SSSR count). The summed E-state index contributed by atoms with van der Waals surface area (Å²) in [6.45, 7) is 7.51. The molecule has 84 valence electrons. The first kappa shape index (κ1) is 12.2. The lowest BCUT2D eigenvalue weighted by atomic mass is 10.0. The number of nitrogens with one attached hydrogen (secondary N) is 1. The first-order valence-corrected chi connectivity index (χ1v) is 5.62. The van der Waals surface area contributed by atoms with Crippen LogP contribution in [0, 0.1) is 11.7 Å². The van der Waals surface area contributed by atoms with Gasteiger partial charge in [0.05, 0.1) is 0 Å². The van der Waals surface area contributed by atoms with E-state index in [2.05, 4.69) is 26.1 Å². The van der Waals surface area contributed by atoms with Crippen molar-refractivity contribution in [1.29, 1.82) is 0 Å². The maximum Gasteiger partial charge on any atom is 0.123 e. The molecule has 0 aliphatic rings. The zero-order valence-corrected chi connectivity index (χ0v) is 9.76. The van der Waals surface area contributed by atoms with Crippen LogP contribution in [0.25, 0.3) is 0 Å². The van der Waals surface area contributed by atoms with Gasteiger partial charge in [-0.2, -0.15) is 0 Å². The molecule has 0 unspecified atom stereocenters. The van der Waals surface area contributed by atoms with E-state index in [-0.39, 0.29) is 5.82 Å². The number of halogens is 1. The maximum atomic E-state index is 12.7. The zero-order chi connectivity index (χ0) is 11.3. The van der Waals surface area contributed by atoms with Crippen LogP contribution < -0.4 is 5.32 Å². The van der Waals surface area contributed by atoms with E-state index >= 15 is 0 Å². The maximum absolute atomic E-state index is 12.7. The van der Waals surface area contributed by atoms with Crippen LogP contribution in [0.15, 0.2) is 24.3 Å². The monoisotopic (exact) mass is 209 g/mol. The van der Waals surface area contributed by atoms with Crippen molar-refractivity contribution in [2.24, 2.45) is 5.92 Å². The van der Waals surface area contributed by atoms with Gasteiger partial charge in [0.15, 0.2) is 0 Å². The van der Waals surface area contributed by atoms with Gasteiger partial charge in [-0.15, -0.1) is 0 Å². The second-order valence-electron chi connectivity index (χ2n) is 4.31. The third-order valence-corrected chi connectivity index (χ3v) is 2.45. The summed E-state index contributed by atoms with van der Waals surface area (Å²) in [6, 6.07) is 7.10. The molecular formula is C13H20FN. The van der Waals surface area contributed by atoms with Crippen molar-refractivity contribution < 1.29 is 4.39 Å². The van der Waals surface area contributed by atoms with Crippen molar-refractivity contribution >= 4 is 0 Å². The molecular weight excluding hydrogens is 189 g/mol. The molecule has 1 nitrogen and oxygen atoms in total. The Morgan fingerprint density at radius 3 is 2.27 bits per heavy atom. The van der Waals surface area contributed by atoms with E-state index in [0.29, 0.717) is 12.0 Å². The molecule has 0 spiro atoms. The van der Waals surface area contributed by atoms with Gasteiger partial charge < -0.3 is 5.32 Å². The molecule has 1 N–H and O–H groups in total. The molecule has 0 saturated carbocycles. The van der Waals surface area contributed by atoms with E-state index in [0.717, 1.165) is 13.0 Å². The Bertz CT molecular complexity index is 279. The van der Waals surface area contributed by atoms with Gasteiger partial charge in [0.1, 0.15) is 5.82 Å². The first-order valence-electron chi connectivity index (χ1n) is 5.62. The highest BCUT2D eigenvalue weighted by atomic mass is 19.1. The van der Waals surface area contributed by atoms with Crippen molar-refractivity contribution in [3.05, 3.63) is 35.6 Å². The first-order chi connectivity index (χ1) is 7.13. The number of benzene rings is 1. The smallest absolute Gasteiger partial charge is 0.123 e. The van der Waals surface area contributed by atoms with Crippen LogP contribution in [-0.2, 0) is 0 Å². The summed E-state index contributed by atoms with van der Waals surface area (Å²) in [5.74, 6) is 0.469. The second-order valence-corrected chi connectivity index (χ2v) is 4.31. The quantitative estimate of drug-likeness (QED) is 0.782. The lowest BCUT2D eigenvalue weighted by molar-refractivity contribution is 0.464. The van der Waals surface area contributed by atoms with Crippen LogP contribution in [-0.4, -0.2) is 6.54 Å². The third-order valence-electron chi connectivity index (χ3n) is 2.45. The molecule has 0 radical (unpaired) electrons. The molecule has 1 atom stereocenters. The summed E-state index contributed by atoms with van der Waals surface area (Å²) >= 11 is 0. The Labute approximate surface area is 91.7 Å². The van der Waals surface area contributed by atoms with Crippen LogP contribution in [0.5, 0.6) is 0 Å². The van der Waals surface area contributed by atoms with Crippen LogP contribution in [0.3, 0.4) is 0 Å². The SMILES string of the molecule is CC[C@H](NCC(C)C)c1ccc(F)cc1. The fourth-order valence-corrected chi connectivity index (χ4v) is 1.57. The van der Waals surface area contributed by atoms with Crippen molar-refractivity contribution in [2.45, 2.75) is 33.2 Å². The predicted molar refractivity (Wildman–Crippen MR) is 62.3 cm³/mol. The van der Waals surface area contributed by atoms with E-state index in [1.54, 1.807) is 0 Å². The fourth-order valence-electron chi connectivity index (χ4n) is 1.57. The Balaban J connectivity index is 2.61. The third kappa shape index (κ3) is 4.00. The standard InChI is InChI=1S/C13H20FN/c1-4-13(15-9-10(2)3)11-5-7-12(14)8-6-11/h5-8,10,13,15H,4,9H2,1-3H3/t13-/m0/s1. The van der Waals surface area contributed by atoms with Crippen molar-refractivity contribution in [1.82, 2.24) is 5.32 Å². The molecule has 2 heteroatoms. The summed E-state index contributed by atoms with van der Waals surface area (Å²) in [5.41, 5.74) is 1.17. The molecule has 0 aliphatic carbocycles. The van der Waals surface area contributed by atoms with Gasteiger partial charge in [-0.05, 0) is 36.6 Å². The number of hydrogen-bond acceptors (Lipinski definition) is 1. The van der Waals surface area contributed by atoms with Gasteiger partial charge in [0.25, 0.3) is 0 Å². The number of hydrogen-bond donors (Lipinski definition) is 1. The van der Waals surface area contributed by atoms with Crippen molar-refractivity contribution in [2.75, 3.05) is 6.54 Å². The van der Waals surface area contributed by atoms with Crippen molar-refractivity contribution in [3.63, 3.8) is 0 Å². The molecule has 0 amide bonds. The van der Waals surface area contributed by atoms with Gasteiger partial charge in [0.2, 0.25) is 0 Å². The van der Waals surface area contributed by atoms with Gasteiger partial charge in [-0.1, -0.05) is 32.9 Å². The fraction of sp³-hybridized carbons (Fsp3) is 0.538. The molecule has 1 aromatic rings. The normalized spacial score (nSPS) is 13.1. The Morgan fingerprint density at radius 2 is 1.80 bits per heavy atom. The summed E-state index contributed by atoms with van der Waals surface area (Å²) in [6.07, 6.45) is 1.03. The lowest BCUT2D eigenvalue weighted by Gasteiger charge is -2.18. The summed E-state index contributed by atoms with van der Waals surface area (Å²) in [7, 11) is 0. The molecule has 0 aliphatic heterocycles. The summed E-state index contributed by atoms with van der Waals surface area (Å²) < 4.78 is 12.7. The van der Waals surface area contributed by atoms with E-state index < -0.39 is 0 Å². The average Bonchev–Trinajstić information content (AvgIpc) is 2.21. The van der Waals surface area contributed by atoms with E-state index in [9.17, 15) is 4.39 Å². The molecule has 0 heterocycles. The van der Waals surface area contributed by atoms with E-state index in [1.165, 1.54) is 17.7 Å². The minimum Gasteiger partial charge on any atom is -0.310 e. The van der Waals surface area contributed by atoms with E-state index in [1.807, 2.05) is 12.1 Å². The molecule has 15 heavy (non-hydrogen) atoms. The van der Waals surface area contributed by atoms with Gasteiger partial charge >= 0.3 is 0 Å². The highest BCUT2D eigenvalue weighted by Crippen LogP contribution is 2.17. The zero-order valence-electron chi connectivity index (χ0n) is 9.76. The minimum atomic E-state index is -0.169. The Kier molecular flexibility index (Phi) is 4.76.